The van der Waals surface area contributed by atoms with Gasteiger partial charge in [0, 0.05) is 38.4 Å². The first kappa shape index (κ1) is 14.8. The van der Waals surface area contributed by atoms with E-state index in [1.54, 1.807) is 0 Å². The molecule has 0 radical (unpaired) electrons. The second kappa shape index (κ2) is 6.77. The highest BCUT2D eigenvalue weighted by molar-refractivity contribution is 5.56. The van der Waals surface area contributed by atoms with E-state index in [0.717, 1.165) is 52.5 Å². The molecule has 116 valence electrons. The molecule has 3 rings (SSSR count). The second-order valence-corrected chi connectivity index (χ2v) is 6.07. The van der Waals surface area contributed by atoms with Crippen LogP contribution in [0.3, 0.4) is 0 Å². The molecule has 2 fully saturated rings. The molecule has 0 spiro atoms. The molecule has 2 aliphatic rings. The van der Waals surface area contributed by atoms with Gasteiger partial charge in [-0.05, 0) is 31.0 Å². The molecule has 0 saturated carbocycles. The Morgan fingerprint density at radius 1 is 1.10 bits per heavy atom. The molecule has 4 nitrogen and oxygen atoms in total. The van der Waals surface area contributed by atoms with Crippen molar-refractivity contribution in [3.8, 4) is 0 Å². The van der Waals surface area contributed by atoms with Crippen molar-refractivity contribution in [2.75, 3.05) is 57.4 Å². The number of hydrogen-bond donors (Lipinski definition) is 0. The van der Waals surface area contributed by atoms with Gasteiger partial charge in [0.15, 0.2) is 0 Å². The number of ether oxygens (including phenoxy) is 2. The van der Waals surface area contributed by atoms with Crippen molar-refractivity contribution in [1.29, 1.82) is 0 Å². The van der Waals surface area contributed by atoms with E-state index >= 15 is 0 Å². The van der Waals surface area contributed by atoms with Crippen molar-refractivity contribution in [2.24, 2.45) is 0 Å². The first-order valence-corrected chi connectivity index (χ1v) is 7.97. The molecule has 1 aromatic carbocycles. The SMILES string of the molecule is Cc1cccc(N2CCN(CC3COCCO3)CC2)c1C. The van der Waals surface area contributed by atoms with E-state index in [2.05, 4.69) is 41.8 Å². The van der Waals surface area contributed by atoms with Crippen molar-refractivity contribution in [3.63, 3.8) is 0 Å². The number of piperazine rings is 1. The molecule has 0 bridgehead atoms. The number of anilines is 1. The van der Waals surface area contributed by atoms with Crippen LogP contribution in [0.1, 0.15) is 11.1 Å². The minimum absolute atomic E-state index is 0.256. The highest BCUT2D eigenvalue weighted by Gasteiger charge is 2.23. The molecule has 1 aromatic rings. The summed E-state index contributed by atoms with van der Waals surface area (Å²) in [7, 11) is 0. The van der Waals surface area contributed by atoms with Crippen molar-refractivity contribution in [3.05, 3.63) is 29.3 Å². The Morgan fingerprint density at radius 3 is 2.62 bits per heavy atom. The van der Waals surface area contributed by atoms with E-state index in [0.29, 0.717) is 0 Å². The number of hydrogen-bond acceptors (Lipinski definition) is 4. The van der Waals surface area contributed by atoms with Gasteiger partial charge in [0.25, 0.3) is 0 Å². The zero-order chi connectivity index (χ0) is 14.7. The molecule has 0 amide bonds. The Bertz CT molecular complexity index is 464. The van der Waals surface area contributed by atoms with Crippen molar-refractivity contribution in [2.45, 2.75) is 20.0 Å². The molecule has 2 aliphatic heterocycles. The van der Waals surface area contributed by atoms with Crippen LogP contribution < -0.4 is 4.90 Å². The van der Waals surface area contributed by atoms with Crippen LogP contribution >= 0.6 is 0 Å². The molecule has 2 saturated heterocycles. The Morgan fingerprint density at radius 2 is 1.90 bits per heavy atom. The van der Waals surface area contributed by atoms with Crippen molar-refractivity contribution < 1.29 is 9.47 Å². The normalized spacial score (nSPS) is 24.3. The molecule has 1 unspecified atom stereocenters. The van der Waals surface area contributed by atoms with Crippen LogP contribution in [0.4, 0.5) is 5.69 Å². The molecule has 0 aliphatic carbocycles. The first-order valence-electron chi connectivity index (χ1n) is 7.97. The summed E-state index contributed by atoms with van der Waals surface area (Å²) in [5.41, 5.74) is 4.18. The molecule has 0 N–H and O–H groups in total. The van der Waals surface area contributed by atoms with Crippen LogP contribution in [0.25, 0.3) is 0 Å². The molecular formula is C17H26N2O2. The summed E-state index contributed by atoms with van der Waals surface area (Å²) in [5, 5.41) is 0. The summed E-state index contributed by atoms with van der Waals surface area (Å²) >= 11 is 0. The summed E-state index contributed by atoms with van der Waals surface area (Å²) in [6.45, 7) is 12.1. The number of nitrogens with zero attached hydrogens (tertiary/aromatic N) is 2. The zero-order valence-electron chi connectivity index (χ0n) is 13.2. The highest BCUT2D eigenvalue weighted by Crippen LogP contribution is 2.24. The van der Waals surface area contributed by atoms with Gasteiger partial charge in [-0.25, -0.2) is 0 Å². The molecule has 2 heterocycles. The summed E-state index contributed by atoms with van der Waals surface area (Å²) in [6.07, 6.45) is 0.256. The van der Waals surface area contributed by atoms with Crippen molar-refractivity contribution >= 4 is 5.69 Å². The minimum atomic E-state index is 0.256. The largest absolute Gasteiger partial charge is 0.376 e. The third kappa shape index (κ3) is 3.57. The number of aryl methyl sites for hydroxylation is 1. The summed E-state index contributed by atoms with van der Waals surface area (Å²) < 4.78 is 11.2. The summed E-state index contributed by atoms with van der Waals surface area (Å²) in [5.74, 6) is 0. The Balaban J connectivity index is 1.53. The van der Waals surface area contributed by atoms with Gasteiger partial charge >= 0.3 is 0 Å². The third-order valence-corrected chi connectivity index (χ3v) is 4.64. The molecule has 0 aromatic heterocycles. The van der Waals surface area contributed by atoms with Crippen LogP contribution in [-0.2, 0) is 9.47 Å². The molecule has 4 heteroatoms. The van der Waals surface area contributed by atoms with Crippen LogP contribution in [0, 0.1) is 13.8 Å². The van der Waals surface area contributed by atoms with Gasteiger partial charge in [0.2, 0.25) is 0 Å². The lowest BCUT2D eigenvalue weighted by Crippen LogP contribution is -2.50. The lowest BCUT2D eigenvalue weighted by atomic mass is 10.1. The fourth-order valence-corrected chi connectivity index (χ4v) is 3.18. The van der Waals surface area contributed by atoms with Crippen molar-refractivity contribution in [1.82, 2.24) is 4.90 Å². The fourth-order valence-electron chi connectivity index (χ4n) is 3.18. The lowest BCUT2D eigenvalue weighted by Gasteiger charge is -2.38. The quantitative estimate of drug-likeness (QED) is 0.848. The molecule has 21 heavy (non-hydrogen) atoms. The number of benzene rings is 1. The van der Waals surface area contributed by atoms with E-state index < -0.39 is 0 Å². The monoisotopic (exact) mass is 290 g/mol. The maximum absolute atomic E-state index is 5.75. The van der Waals surface area contributed by atoms with Gasteiger partial charge in [0.05, 0.1) is 25.9 Å². The Hall–Kier alpha value is -1.10. The van der Waals surface area contributed by atoms with E-state index in [1.165, 1.54) is 16.8 Å². The first-order chi connectivity index (χ1) is 10.2. The van der Waals surface area contributed by atoms with Crippen LogP contribution in [0.15, 0.2) is 18.2 Å². The zero-order valence-corrected chi connectivity index (χ0v) is 13.2. The number of rotatable bonds is 3. The average molecular weight is 290 g/mol. The van der Waals surface area contributed by atoms with Gasteiger partial charge < -0.3 is 14.4 Å². The van der Waals surface area contributed by atoms with Crippen LogP contribution in [0.2, 0.25) is 0 Å². The molecular weight excluding hydrogens is 264 g/mol. The maximum atomic E-state index is 5.75. The highest BCUT2D eigenvalue weighted by atomic mass is 16.6. The topological polar surface area (TPSA) is 24.9 Å². The van der Waals surface area contributed by atoms with E-state index in [1.807, 2.05) is 0 Å². The smallest absolute Gasteiger partial charge is 0.0936 e. The van der Waals surface area contributed by atoms with Gasteiger partial charge in [0.1, 0.15) is 0 Å². The van der Waals surface area contributed by atoms with Gasteiger partial charge in [-0.3, -0.25) is 4.90 Å². The predicted octanol–water partition coefficient (Wildman–Crippen LogP) is 1.84. The van der Waals surface area contributed by atoms with Gasteiger partial charge in [-0.2, -0.15) is 0 Å². The van der Waals surface area contributed by atoms with Gasteiger partial charge in [-0.15, -0.1) is 0 Å². The van der Waals surface area contributed by atoms with E-state index in [9.17, 15) is 0 Å². The van der Waals surface area contributed by atoms with E-state index in [4.69, 9.17) is 9.47 Å². The Labute approximate surface area is 127 Å². The molecule has 1 atom stereocenters. The summed E-state index contributed by atoms with van der Waals surface area (Å²) in [6, 6.07) is 6.60. The third-order valence-electron chi connectivity index (χ3n) is 4.64. The Kier molecular flexibility index (Phi) is 4.78. The van der Waals surface area contributed by atoms with Crippen LogP contribution in [0.5, 0.6) is 0 Å². The maximum Gasteiger partial charge on any atom is 0.0936 e. The standard InChI is InChI=1S/C17H26N2O2/c1-14-4-3-5-17(15(14)2)19-8-6-18(7-9-19)12-16-13-20-10-11-21-16/h3-5,16H,6-13H2,1-2H3. The summed E-state index contributed by atoms with van der Waals surface area (Å²) in [4.78, 5) is 5.01. The second-order valence-electron chi connectivity index (χ2n) is 6.07. The predicted molar refractivity (Wildman–Crippen MR) is 85.1 cm³/mol. The fraction of sp³-hybridized carbons (Fsp3) is 0.647. The van der Waals surface area contributed by atoms with Crippen LogP contribution in [-0.4, -0.2) is 63.5 Å². The lowest BCUT2D eigenvalue weighted by molar-refractivity contribution is -0.0977. The minimum Gasteiger partial charge on any atom is -0.376 e. The van der Waals surface area contributed by atoms with Gasteiger partial charge in [-0.1, -0.05) is 12.1 Å². The van der Waals surface area contributed by atoms with E-state index in [-0.39, 0.29) is 6.10 Å². The average Bonchev–Trinajstić information content (AvgIpc) is 2.52.